The van der Waals surface area contributed by atoms with E-state index >= 15 is 0 Å². The standard InChI is InChI=1S/2C10H22O3S.Fe/c2*1-2-3-4-5-6-7-8-9-10-14(11,12)13;/h2*2-10H2,1H3,(H,11,12,13);/q;;+2/p-2. The molecule has 0 aliphatic carbocycles. The second-order valence-electron chi connectivity index (χ2n) is 7.47. The van der Waals surface area contributed by atoms with Crippen LogP contribution in [0, 0.1) is 0 Å². The molecule has 0 aromatic carbocycles. The van der Waals surface area contributed by atoms with Gasteiger partial charge in [0.1, 0.15) is 0 Å². The monoisotopic (exact) mass is 498 g/mol. The molecule has 29 heavy (non-hydrogen) atoms. The van der Waals surface area contributed by atoms with Crippen LogP contribution in [0.3, 0.4) is 0 Å². The van der Waals surface area contributed by atoms with Crippen LogP contribution in [0.25, 0.3) is 0 Å². The fraction of sp³-hybridized carbons (Fsp3) is 1.00. The van der Waals surface area contributed by atoms with Crippen molar-refractivity contribution in [3.63, 3.8) is 0 Å². The van der Waals surface area contributed by atoms with E-state index in [9.17, 15) is 25.9 Å². The van der Waals surface area contributed by atoms with E-state index in [0.717, 1.165) is 25.7 Å². The summed E-state index contributed by atoms with van der Waals surface area (Å²) in [5, 5.41) is 0. The fourth-order valence-electron chi connectivity index (χ4n) is 2.83. The molecule has 0 amide bonds. The Balaban J connectivity index is -0.000000451. The maximum atomic E-state index is 10.2. The summed E-state index contributed by atoms with van der Waals surface area (Å²) in [5.74, 6) is -0.385. The molecule has 0 atom stereocenters. The van der Waals surface area contributed by atoms with E-state index in [-0.39, 0.29) is 28.6 Å². The van der Waals surface area contributed by atoms with Gasteiger partial charge in [0, 0.05) is 11.5 Å². The summed E-state index contributed by atoms with van der Waals surface area (Å²) >= 11 is 0. The van der Waals surface area contributed by atoms with Crippen LogP contribution in [0.4, 0.5) is 0 Å². The molecule has 0 saturated heterocycles. The average Bonchev–Trinajstić information content (AvgIpc) is 2.58. The Morgan fingerprint density at radius 2 is 0.655 bits per heavy atom. The zero-order valence-corrected chi connectivity index (χ0v) is 21.1. The van der Waals surface area contributed by atoms with E-state index in [1.807, 2.05) is 0 Å². The van der Waals surface area contributed by atoms with Gasteiger partial charge in [-0.2, -0.15) is 0 Å². The average molecular weight is 499 g/mol. The number of hydrogen-bond acceptors (Lipinski definition) is 6. The van der Waals surface area contributed by atoms with E-state index < -0.39 is 20.2 Å². The van der Waals surface area contributed by atoms with E-state index in [1.165, 1.54) is 64.2 Å². The van der Waals surface area contributed by atoms with Crippen molar-refractivity contribution in [2.24, 2.45) is 0 Å². The second kappa shape index (κ2) is 23.0. The van der Waals surface area contributed by atoms with E-state index in [0.29, 0.717) is 12.8 Å². The molecule has 178 valence electrons. The van der Waals surface area contributed by atoms with Crippen LogP contribution < -0.4 is 0 Å². The Kier molecular flexibility index (Phi) is 27.0. The van der Waals surface area contributed by atoms with Gasteiger partial charge in [-0.3, -0.25) is 0 Å². The van der Waals surface area contributed by atoms with Crippen molar-refractivity contribution in [1.82, 2.24) is 0 Å². The molecule has 0 aliphatic rings. The Morgan fingerprint density at radius 3 is 0.862 bits per heavy atom. The maximum Gasteiger partial charge on any atom is 2.00 e. The molecular formula is C20H42FeO6S2. The Bertz CT molecular complexity index is 473. The molecule has 0 rings (SSSR count). The second-order valence-corrected chi connectivity index (χ2v) is 10.5. The molecule has 0 heterocycles. The number of unbranched alkanes of at least 4 members (excludes halogenated alkanes) is 14. The smallest absolute Gasteiger partial charge is 0.748 e. The van der Waals surface area contributed by atoms with Crippen LogP contribution in [0.15, 0.2) is 0 Å². The SMILES string of the molecule is CCCCCCCCCCS(=O)(=O)[O-].CCCCCCCCCCS(=O)(=O)[O-].[Fe+2]. The predicted molar refractivity (Wildman–Crippen MR) is 114 cm³/mol. The maximum absolute atomic E-state index is 10.2. The van der Waals surface area contributed by atoms with Crippen LogP contribution in [0.5, 0.6) is 0 Å². The van der Waals surface area contributed by atoms with Crippen molar-refractivity contribution in [3.8, 4) is 0 Å². The molecule has 0 spiro atoms. The minimum absolute atomic E-state index is 0. The number of rotatable bonds is 18. The summed E-state index contributed by atoms with van der Waals surface area (Å²) in [5.41, 5.74) is 0. The fourth-order valence-corrected chi connectivity index (χ4v) is 3.94. The van der Waals surface area contributed by atoms with Crippen molar-refractivity contribution >= 4 is 20.2 Å². The van der Waals surface area contributed by atoms with Crippen molar-refractivity contribution < 1.29 is 43.0 Å². The van der Waals surface area contributed by atoms with Gasteiger partial charge in [-0.15, -0.1) is 0 Å². The zero-order valence-electron chi connectivity index (χ0n) is 18.3. The number of hydrogen-bond donors (Lipinski definition) is 0. The first-order chi connectivity index (χ1) is 13.1. The van der Waals surface area contributed by atoms with Gasteiger partial charge >= 0.3 is 17.1 Å². The summed E-state index contributed by atoms with van der Waals surface area (Å²) in [6, 6.07) is 0. The van der Waals surface area contributed by atoms with Gasteiger partial charge < -0.3 is 9.11 Å². The largest absolute Gasteiger partial charge is 2.00 e. The quantitative estimate of drug-likeness (QED) is 0.143. The van der Waals surface area contributed by atoms with Gasteiger partial charge in [-0.1, -0.05) is 104 Å². The topological polar surface area (TPSA) is 114 Å². The van der Waals surface area contributed by atoms with E-state index in [1.54, 1.807) is 0 Å². The molecule has 0 aromatic heterocycles. The van der Waals surface area contributed by atoms with Gasteiger partial charge in [0.2, 0.25) is 0 Å². The van der Waals surface area contributed by atoms with Crippen LogP contribution in [-0.2, 0) is 37.3 Å². The third-order valence-corrected chi connectivity index (χ3v) is 6.07. The summed E-state index contributed by atoms with van der Waals surface area (Å²) in [6.45, 7) is 4.36. The van der Waals surface area contributed by atoms with Crippen LogP contribution in [-0.4, -0.2) is 37.4 Å². The van der Waals surface area contributed by atoms with Gasteiger partial charge in [0.25, 0.3) is 0 Å². The Morgan fingerprint density at radius 1 is 0.448 bits per heavy atom. The van der Waals surface area contributed by atoms with Crippen molar-refractivity contribution in [2.45, 2.75) is 117 Å². The molecule has 0 bridgehead atoms. The first-order valence-corrected chi connectivity index (χ1v) is 14.1. The van der Waals surface area contributed by atoms with Crippen molar-refractivity contribution in [2.75, 3.05) is 11.5 Å². The normalized spacial score (nSPS) is 11.4. The molecule has 0 unspecified atom stereocenters. The molecule has 0 saturated carbocycles. The van der Waals surface area contributed by atoms with E-state index in [4.69, 9.17) is 0 Å². The molecule has 6 nitrogen and oxygen atoms in total. The minimum Gasteiger partial charge on any atom is -0.748 e. The minimum atomic E-state index is -3.98. The summed E-state index contributed by atoms with van der Waals surface area (Å²) < 4.78 is 61.5. The molecule has 9 heteroatoms. The molecule has 0 radical (unpaired) electrons. The Hall–Kier alpha value is 0.339. The van der Waals surface area contributed by atoms with Crippen LogP contribution in [0.1, 0.15) is 117 Å². The van der Waals surface area contributed by atoms with Crippen molar-refractivity contribution in [1.29, 1.82) is 0 Å². The Labute approximate surface area is 191 Å². The van der Waals surface area contributed by atoms with E-state index in [2.05, 4.69) is 13.8 Å². The summed E-state index contributed by atoms with van der Waals surface area (Å²) in [6.07, 6.45) is 17.3. The molecular weight excluding hydrogens is 456 g/mol. The van der Waals surface area contributed by atoms with Gasteiger partial charge in [-0.05, 0) is 12.8 Å². The molecule has 0 aliphatic heterocycles. The summed E-state index contributed by atoms with van der Waals surface area (Å²) in [4.78, 5) is 0. The molecule has 0 N–H and O–H groups in total. The first-order valence-electron chi connectivity index (χ1n) is 11.0. The van der Waals surface area contributed by atoms with Crippen LogP contribution in [0.2, 0.25) is 0 Å². The van der Waals surface area contributed by atoms with Gasteiger partial charge in [-0.25, -0.2) is 16.8 Å². The zero-order chi connectivity index (χ0) is 21.7. The first kappa shape index (κ1) is 34.0. The summed E-state index contributed by atoms with van der Waals surface area (Å²) in [7, 11) is -7.95. The van der Waals surface area contributed by atoms with Gasteiger partial charge in [0.05, 0.1) is 20.2 Å². The van der Waals surface area contributed by atoms with Gasteiger partial charge in [0.15, 0.2) is 0 Å². The third-order valence-electron chi connectivity index (χ3n) is 4.50. The van der Waals surface area contributed by atoms with Crippen molar-refractivity contribution in [3.05, 3.63) is 0 Å². The molecule has 0 fully saturated rings. The van der Waals surface area contributed by atoms with Crippen LogP contribution >= 0.6 is 0 Å². The predicted octanol–water partition coefficient (Wildman–Crippen LogP) is 5.34. The molecule has 0 aromatic rings. The third kappa shape index (κ3) is 39.4.